The van der Waals surface area contributed by atoms with E-state index in [2.05, 4.69) is 10.3 Å². The number of pyridine rings is 1. The number of rotatable bonds is 4. The van der Waals surface area contributed by atoms with Gasteiger partial charge in [0.2, 0.25) is 0 Å². The van der Waals surface area contributed by atoms with E-state index in [9.17, 15) is 9.90 Å². The number of carboxylic acid groups (broad SMARTS) is 1. The maximum absolute atomic E-state index is 11.3. The fourth-order valence-corrected chi connectivity index (χ4v) is 2.89. The highest BCUT2D eigenvalue weighted by atomic mass is 35.5. The first-order chi connectivity index (χ1) is 10.00. The first-order valence-electron chi connectivity index (χ1n) is 7.04. The zero-order valence-electron chi connectivity index (χ0n) is 11.8. The number of aliphatic carboxylic acids is 1. The summed E-state index contributed by atoms with van der Waals surface area (Å²) in [7, 11) is 0. The van der Waals surface area contributed by atoms with Gasteiger partial charge < -0.3 is 5.11 Å². The molecule has 1 aromatic heterocycles. The molecule has 1 saturated carbocycles. The molecule has 0 bridgehead atoms. The second kappa shape index (κ2) is 5.28. The third-order valence-corrected chi connectivity index (χ3v) is 4.56. The van der Waals surface area contributed by atoms with Crippen LogP contribution in [0.5, 0.6) is 0 Å². The number of benzene rings is 1. The molecule has 0 amide bonds. The lowest BCUT2D eigenvalue weighted by Gasteiger charge is -2.38. The zero-order valence-corrected chi connectivity index (χ0v) is 12.6. The molecule has 1 aliphatic carbocycles. The Bertz CT molecular complexity index is 711. The Morgan fingerprint density at radius 2 is 2.19 bits per heavy atom. The molecule has 110 valence electrons. The van der Waals surface area contributed by atoms with E-state index >= 15 is 0 Å². The number of carbonyl (C=O) groups is 1. The summed E-state index contributed by atoms with van der Waals surface area (Å²) in [5.74, 6) is -0.783. The van der Waals surface area contributed by atoms with E-state index in [1.165, 1.54) is 0 Å². The van der Waals surface area contributed by atoms with Crippen LogP contribution >= 0.6 is 11.6 Å². The average Bonchev–Trinajstić information content (AvgIpc) is 2.37. The highest BCUT2D eigenvalue weighted by Crippen LogP contribution is 2.33. The minimum Gasteiger partial charge on any atom is -0.480 e. The minimum atomic E-state index is -0.786. The van der Waals surface area contributed by atoms with Gasteiger partial charge in [-0.2, -0.15) is 0 Å². The molecular formula is C16H17ClN2O2. The lowest BCUT2D eigenvalue weighted by molar-refractivity contribution is -0.148. The number of aryl methyl sites for hydroxylation is 1. The van der Waals surface area contributed by atoms with Crippen LogP contribution in [0.3, 0.4) is 0 Å². The summed E-state index contributed by atoms with van der Waals surface area (Å²) in [5, 5.41) is 13.9. The van der Waals surface area contributed by atoms with Gasteiger partial charge in [-0.25, -0.2) is 4.98 Å². The summed E-state index contributed by atoms with van der Waals surface area (Å²) >= 11 is 6.23. The monoisotopic (exact) mass is 304 g/mol. The molecule has 0 radical (unpaired) electrons. The van der Waals surface area contributed by atoms with E-state index in [1.807, 2.05) is 31.2 Å². The van der Waals surface area contributed by atoms with Gasteiger partial charge in [-0.05, 0) is 43.9 Å². The van der Waals surface area contributed by atoms with Crippen molar-refractivity contribution in [2.45, 2.75) is 38.3 Å². The van der Waals surface area contributed by atoms with Gasteiger partial charge in [-0.3, -0.25) is 10.1 Å². The predicted molar refractivity (Wildman–Crippen MR) is 82.5 cm³/mol. The topological polar surface area (TPSA) is 62.2 Å². The van der Waals surface area contributed by atoms with E-state index in [0.29, 0.717) is 24.5 Å². The van der Waals surface area contributed by atoms with Crippen molar-refractivity contribution in [3.8, 4) is 0 Å². The van der Waals surface area contributed by atoms with Gasteiger partial charge >= 0.3 is 5.97 Å². The van der Waals surface area contributed by atoms with Crippen molar-refractivity contribution in [1.29, 1.82) is 0 Å². The molecule has 4 nitrogen and oxygen atoms in total. The molecule has 0 atom stereocenters. The number of hydrogen-bond donors (Lipinski definition) is 2. The lowest BCUT2D eigenvalue weighted by atomic mass is 9.76. The summed E-state index contributed by atoms with van der Waals surface area (Å²) in [6.07, 6.45) is 2.28. The zero-order chi connectivity index (χ0) is 15.0. The fourth-order valence-electron chi connectivity index (χ4n) is 2.68. The van der Waals surface area contributed by atoms with Crippen LogP contribution in [0.4, 0.5) is 0 Å². The molecule has 0 unspecified atom stereocenters. The van der Waals surface area contributed by atoms with Crippen LogP contribution in [0.2, 0.25) is 5.15 Å². The van der Waals surface area contributed by atoms with Crippen molar-refractivity contribution in [3.05, 3.63) is 40.5 Å². The summed E-state index contributed by atoms with van der Waals surface area (Å²) in [6.45, 7) is 2.43. The van der Waals surface area contributed by atoms with E-state index in [4.69, 9.17) is 11.6 Å². The third-order valence-electron chi connectivity index (χ3n) is 4.23. The summed E-state index contributed by atoms with van der Waals surface area (Å²) in [6, 6.07) is 8.00. The van der Waals surface area contributed by atoms with E-state index < -0.39 is 11.5 Å². The number of aromatic nitrogens is 1. The van der Waals surface area contributed by atoms with Crippen molar-refractivity contribution >= 4 is 28.5 Å². The molecule has 2 N–H and O–H groups in total. The SMILES string of the molecule is Cc1ccc2cc(CNC3(C(=O)O)CCC3)c(Cl)nc2c1. The van der Waals surface area contributed by atoms with Crippen molar-refractivity contribution < 1.29 is 9.90 Å². The number of carboxylic acids is 1. The Balaban J connectivity index is 1.85. The van der Waals surface area contributed by atoms with Crippen molar-refractivity contribution in [2.24, 2.45) is 0 Å². The predicted octanol–water partition coefficient (Wildman–Crippen LogP) is 3.29. The molecule has 2 aromatic rings. The third kappa shape index (κ3) is 2.61. The number of halogens is 1. The quantitative estimate of drug-likeness (QED) is 0.851. The molecule has 0 spiro atoms. The van der Waals surface area contributed by atoms with Gasteiger partial charge in [0.25, 0.3) is 0 Å². The molecule has 3 rings (SSSR count). The molecule has 1 aliphatic rings. The molecule has 1 fully saturated rings. The minimum absolute atomic E-state index is 0.419. The van der Waals surface area contributed by atoms with Gasteiger partial charge in [0.15, 0.2) is 0 Å². The lowest BCUT2D eigenvalue weighted by Crippen LogP contribution is -2.56. The van der Waals surface area contributed by atoms with Crippen LogP contribution in [0, 0.1) is 6.92 Å². The maximum Gasteiger partial charge on any atom is 0.323 e. The van der Waals surface area contributed by atoms with Gasteiger partial charge in [0.05, 0.1) is 5.52 Å². The molecule has 0 saturated heterocycles. The van der Waals surface area contributed by atoms with Gasteiger partial charge in [0, 0.05) is 17.5 Å². The molecular weight excluding hydrogens is 288 g/mol. The van der Waals surface area contributed by atoms with E-state index in [0.717, 1.165) is 28.5 Å². The summed E-state index contributed by atoms with van der Waals surface area (Å²) in [5.41, 5.74) is 2.04. The summed E-state index contributed by atoms with van der Waals surface area (Å²) < 4.78 is 0. The first-order valence-corrected chi connectivity index (χ1v) is 7.42. The number of nitrogens with zero attached hydrogens (tertiary/aromatic N) is 1. The van der Waals surface area contributed by atoms with Crippen LogP contribution in [0.1, 0.15) is 30.4 Å². The largest absolute Gasteiger partial charge is 0.480 e. The number of fused-ring (bicyclic) bond motifs is 1. The van der Waals surface area contributed by atoms with E-state index in [-0.39, 0.29) is 0 Å². The van der Waals surface area contributed by atoms with Gasteiger partial charge in [-0.1, -0.05) is 23.7 Å². The van der Waals surface area contributed by atoms with E-state index in [1.54, 1.807) is 0 Å². The second-order valence-electron chi connectivity index (χ2n) is 5.73. The Kier molecular flexibility index (Phi) is 3.59. The maximum atomic E-state index is 11.3. The summed E-state index contributed by atoms with van der Waals surface area (Å²) in [4.78, 5) is 15.8. The smallest absolute Gasteiger partial charge is 0.323 e. The molecule has 5 heteroatoms. The Morgan fingerprint density at radius 1 is 1.43 bits per heavy atom. The fraction of sp³-hybridized carbons (Fsp3) is 0.375. The normalized spacial score (nSPS) is 16.7. The van der Waals surface area contributed by atoms with Crippen molar-refractivity contribution in [1.82, 2.24) is 10.3 Å². The number of hydrogen-bond acceptors (Lipinski definition) is 3. The highest BCUT2D eigenvalue weighted by molar-refractivity contribution is 6.30. The van der Waals surface area contributed by atoms with Crippen LogP contribution in [-0.2, 0) is 11.3 Å². The average molecular weight is 305 g/mol. The molecule has 0 aliphatic heterocycles. The number of nitrogens with one attached hydrogen (secondary N) is 1. The van der Waals surface area contributed by atoms with Crippen LogP contribution in [0.25, 0.3) is 10.9 Å². The van der Waals surface area contributed by atoms with Crippen LogP contribution in [0.15, 0.2) is 24.3 Å². The molecule has 1 aromatic carbocycles. The van der Waals surface area contributed by atoms with Crippen molar-refractivity contribution in [2.75, 3.05) is 0 Å². The highest BCUT2D eigenvalue weighted by Gasteiger charge is 2.43. The Labute approximate surface area is 128 Å². The van der Waals surface area contributed by atoms with Crippen LogP contribution < -0.4 is 5.32 Å². The molecule has 21 heavy (non-hydrogen) atoms. The first kappa shape index (κ1) is 14.3. The standard InChI is InChI=1S/C16H17ClN2O2/c1-10-3-4-11-8-12(14(17)19-13(11)7-10)9-18-16(15(20)21)5-2-6-16/h3-4,7-8,18H,2,5-6,9H2,1H3,(H,20,21). The van der Waals surface area contributed by atoms with Crippen LogP contribution in [-0.4, -0.2) is 21.6 Å². The Morgan fingerprint density at radius 3 is 2.81 bits per heavy atom. The second-order valence-corrected chi connectivity index (χ2v) is 6.09. The van der Waals surface area contributed by atoms with Gasteiger partial charge in [0.1, 0.15) is 10.7 Å². The van der Waals surface area contributed by atoms with Crippen molar-refractivity contribution in [3.63, 3.8) is 0 Å². The Hall–Kier alpha value is -1.65. The molecule has 1 heterocycles. The van der Waals surface area contributed by atoms with Gasteiger partial charge in [-0.15, -0.1) is 0 Å².